The maximum absolute atomic E-state index is 14.2. The molecule has 5 atom stereocenters. The average Bonchev–Trinajstić information content (AvgIpc) is 3.22. The molecule has 8 nitrogen and oxygen atoms in total. The summed E-state index contributed by atoms with van der Waals surface area (Å²) in [6, 6.07) is 37.6. The van der Waals surface area contributed by atoms with Crippen molar-refractivity contribution in [1.82, 2.24) is 0 Å². The van der Waals surface area contributed by atoms with Gasteiger partial charge in [-0.2, -0.15) is 8.78 Å². The summed E-state index contributed by atoms with van der Waals surface area (Å²) in [4.78, 5) is 12.6. The van der Waals surface area contributed by atoms with Gasteiger partial charge in [0.2, 0.25) is 34.8 Å². The van der Waals surface area contributed by atoms with Crippen molar-refractivity contribution in [2.45, 2.75) is 57.1 Å². The van der Waals surface area contributed by atoms with Crippen molar-refractivity contribution in [3.63, 3.8) is 0 Å². The maximum Gasteiger partial charge on any atom is 0.337 e. The van der Waals surface area contributed by atoms with Gasteiger partial charge in [-0.25, -0.2) is 18.0 Å². The summed E-state index contributed by atoms with van der Waals surface area (Å²) < 4.78 is 112. The van der Waals surface area contributed by atoms with Gasteiger partial charge in [-0.15, -0.1) is 0 Å². The summed E-state index contributed by atoms with van der Waals surface area (Å²) in [5.41, 5.74) is 3.43. The highest BCUT2D eigenvalue weighted by Crippen LogP contribution is 2.33. The largest absolute Gasteiger partial charge is 0.418 e. The van der Waals surface area contributed by atoms with Crippen LogP contribution < -0.4 is 4.74 Å². The number of rotatable bonds is 17. The number of halogens is 5. The lowest BCUT2D eigenvalue weighted by Crippen LogP contribution is -2.61. The molecule has 0 amide bonds. The van der Waals surface area contributed by atoms with Crippen LogP contribution in [0.4, 0.5) is 22.0 Å². The standard InChI is InChI=1S/C42H37F5O8/c43-33-34(44)36(46)39(37(47)35(33)45)55-32(48)26-49-25-31-38(50-21-27-13-5-1-6-14-27)40(51-22-28-15-7-2-8-16-28)41(52-23-29-17-9-3-10-18-29)42(54-31)53-24-30-19-11-4-12-20-30/h1-20,31,38,40-42H,21-26H2/t31-,38-,40+,41-,42-/m1/s1. The molecule has 1 aliphatic heterocycles. The molecular formula is C42H37F5O8. The molecule has 1 fully saturated rings. The van der Waals surface area contributed by atoms with Crippen LogP contribution in [0.2, 0.25) is 0 Å². The Kier molecular flexibility index (Phi) is 14.1. The topological polar surface area (TPSA) is 81.7 Å². The highest BCUT2D eigenvalue weighted by atomic mass is 19.2. The second-order valence-electron chi connectivity index (χ2n) is 12.5. The van der Waals surface area contributed by atoms with Crippen LogP contribution in [-0.4, -0.2) is 49.9 Å². The van der Waals surface area contributed by atoms with Gasteiger partial charge < -0.3 is 33.2 Å². The Morgan fingerprint density at radius 3 is 1.33 bits per heavy atom. The van der Waals surface area contributed by atoms with Gasteiger partial charge in [0.25, 0.3) is 0 Å². The normalized spacial score (nSPS) is 19.6. The molecule has 6 rings (SSSR count). The molecule has 0 aromatic heterocycles. The SMILES string of the molecule is O=C(COC[C@H]1O[C@@H](OCc2ccccc2)[C@H](OCc2ccccc2)[C@@H](OCc2ccccc2)[C@@H]1OCc1ccccc1)Oc1c(F)c(F)c(F)c(F)c1F. The molecule has 55 heavy (non-hydrogen) atoms. The Labute approximate surface area is 314 Å². The van der Waals surface area contributed by atoms with Gasteiger partial charge in [0.1, 0.15) is 31.0 Å². The van der Waals surface area contributed by atoms with E-state index < -0.39 is 78.1 Å². The average molecular weight is 765 g/mol. The fraction of sp³-hybridized carbons (Fsp3) is 0.262. The zero-order chi connectivity index (χ0) is 38.6. The minimum atomic E-state index is -2.39. The van der Waals surface area contributed by atoms with Crippen molar-refractivity contribution in [1.29, 1.82) is 0 Å². The number of hydrogen-bond donors (Lipinski definition) is 0. The molecule has 0 saturated carbocycles. The lowest BCUT2D eigenvalue weighted by molar-refractivity contribution is -0.330. The van der Waals surface area contributed by atoms with E-state index in [1.165, 1.54) is 0 Å². The van der Waals surface area contributed by atoms with E-state index in [0.717, 1.165) is 22.3 Å². The molecular weight excluding hydrogens is 727 g/mol. The van der Waals surface area contributed by atoms with Gasteiger partial charge in [0, 0.05) is 0 Å². The monoisotopic (exact) mass is 764 g/mol. The van der Waals surface area contributed by atoms with Crippen LogP contribution in [0.1, 0.15) is 22.3 Å². The number of benzene rings is 5. The van der Waals surface area contributed by atoms with Crippen LogP contribution in [0, 0.1) is 29.1 Å². The molecule has 0 radical (unpaired) electrons. The third kappa shape index (κ3) is 10.6. The smallest absolute Gasteiger partial charge is 0.337 e. The van der Waals surface area contributed by atoms with E-state index in [2.05, 4.69) is 4.74 Å². The van der Waals surface area contributed by atoms with Crippen molar-refractivity contribution in [3.8, 4) is 5.75 Å². The highest BCUT2D eigenvalue weighted by molar-refractivity contribution is 5.73. The third-order valence-electron chi connectivity index (χ3n) is 8.59. The number of ether oxygens (including phenoxy) is 7. The third-order valence-corrected chi connectivity index (χ3v) is 8.59. The predicted octanol–water partition coefficient (Wildman–Crippen LogP) is 8.00. The van der Waals surface area contributed by atoms with E-state index in [0.29, 0.717) is 0 Å². The van der Waals surface area contributed by atoms with Crippen LogP contribution in [0.5, 0.6) is 5.75 Å². The molecule has 288 valence electrons. The van der Waals surface area contributed by atoms with Gasteiger partial charge in [-0.3, -0.25) is 0 Å². The van der Waals surface area contributed by atoms with Crippen molar-refractivity contribution < 1.29 is 59.9 Å². The van der Waals surface area contributed by atoms with Crippen LogP contribution in [0.25, 0.3) is 0 Å². The summed E-state index contributed by atoms with van der Waals surface area (Å²) in [6.45, 7) is -0.785. The molecule has 1 saturated heterocycles. The Morgan fingerprint density at radius 1 is 0.491 bits per heavy atom. The molecule has 0 aliphatic carbocycles. The van der Waals surface area contributed by atoms with E-state index in [1.54, 1.807) is 0 Å². The fourth-order valence-corrected chi connectivity index (χ4v) is 5.84. The van der Waals surface area contributed by atoms with Crippen molar-refractivity contribution in [2.24, 2.45) is 0 Å². The fourth-order valence-electron chi connectivity index (χ4n) is 5.84. The molecule has 5 aromatic rings. The second kappa shape index (κ2) is 19.5. The number of hydrogen-bond acceptors (Lipinski definition) is 8. The summed E-state index contributed by atoms with van der Waals surface area (Å²) in [5.74, 6) is -14.7. The highest BCUT2D eigenvalue weighted by Gasteiger charge is 2.49. The Balaban J connectivity index is 1.27. The number of carbonyl (C=O) groups is 1. The Hall–Kier alpha value is -5.02. The van der Waals surface area contributed by atoms with Gasteiger partial charge in [0.05, 0.1) is 33.0 Å². The second-order valence-corrected chi connectivity index (χ2v) is 12.5. The van der Waals surface area contributed by atoms with Gasteiger partial charge in [-0.1, -0.05) is 121 Å². The van der Waals surface area contributed by atoms with Gasteiger partial charge >= 0.3 is 5.97 Å². The predicted molar refractivity (Wildman–Crippen MR) is 188 cm³/mol. The Bertz CT molecular complexity index is 1930. The van der Waals surface area contributed by atoms with E-state index in [-0.39, 0.29) is 33.0 Å². The van der Waals surface area contributed by atoms with Crippen LogP contribution in [0.15, 0.2) is 121 Å². The van der Waals surface area contributed by atoms with E-state index in [9.17, 15) is 26.7 Å². The number of carbonyl (C=O) groups excluding carboxylic acids is 1. The van der Waals surface area contributed by atoms with E-state index >= 15 is 0 Å². The zero-order valence-corrected chi connectivity index (χ0v) is 29.3. The van der Waals surface area contributed by atoms with E-state index in [4.69, 9.17) is 28.4 Å². The molecule has 0 N–H and O–H groups in total. The number of esters is 1. The van der Waals surface area contributed by atoms with Crippen molar-refractivity contribution in [2.75, 3.05) is 13.2 Å². The molecule has 0 unspecified atom stereocenters. The minimum absolute atomic E-state index is 0.111. The van der Waals surface area contributed by atoms with E-state index in [1.807, 2.05) is 121 Å². The minimum Gasteiger partial charge on any atom is -0.418 e. The van der Waals surface area contributed by atoms with Gasteiger partial charge in [-0.05, 0) is 22.3 Å². The molecule has 1 heterocycles. The quantitative estimate of drug-likeness (QED) is 0.0310. The lowest BCUT2D eigenvalue weighted by Gasteiger charge is -2.45. The molecule has 0 spiro atoms. The van der Waals surface area contributed by atoms with Gasteiger partial charge in [0.15, 0.2) is 6.29 Å². The van der Waals surface area contributed by atoms with Crippen LogP contribution in [-0.2, 0) is 59.6 Å². The molecule has 1 aliphatic rings. The summed E-state index contributed by atoms with van der Waals surface area (Å²) in [6.07, 6.45) is -4.74. The Morgan fingerprint density at radius 2 is 0.873 bits per heavy atom. The van der Waals surface area contributed by atoms with Crippen LogP contribution in [0.3, 0.4) is 0 Å². The molecule has 5 aromatic carbocycles. The first-order chi connectivity index (χ1) is 26.8. The summed E-state index contributed by atoms with van der Waals surface area (Å²) in [7, 11) is 0. The summed E-state index contributed by atoms with van der Waals surface area (Å²) in [5, 5.41) is 0. The molecule has 0 bridgehead atoms. The van der Waals surface area contributed by atoms with Crippen molar-refractivity contribution >= 4 is 5.97 Å². The maximum atomic E-state index is 14.2. The summed E-state index contributed by atoms with van der Waals surface area (Å²) >= 11 is 0. The lowest BCUT2D eigenvalue weighted by atomic mass is 9.97. The first-order valence-electron chi connectivity index (χ1n) is 17.4. The first kappa shape index (κ1) is 39.7. The molecule has 13 heteroatoms. The zero-order valence-electron chi connectivity index (χ0n) is 29.3. The van der Waals surface area contributed by atoms with Crippen LogP contribution >= 0.6 is 0 Å². The first-order valence-corrected chi connectivity index (χ1v) is 17.4. The van der Waals surface area contributed by atoms with Crippen molar-refractivity contribution in [3.05, 3.63) is 173 Å².